The summed E-state index contributed by atoms with van der Waals surface area (Å²) in [4.78, 5) is 13.1. The molecule has 0 fully saturated rings. The van der Waals surface area contributed by atoms with Crippen LogP contribution in [0.2, 0.25) is 0 Å². The molecule has 0 aliphatic carbocycles. The lowest BCUT2D eigenvalue weighted by Gasteiger charge is -2.21. The van der Waals surface area contributed by atoms with Crippen molar-refractivity contribution in [1.82, 2.24) is 14.9 Å². The molecule has 17 heavy (non-hydrogen) atoms. The quantitative estimate of drug-likeness (QED) is 0.737. The zero-order chi connectivity index (χ0) is 12.8. The van der Waals surface area contributed by atoms with Crippen LogP contribution in [0.5, 0.6) is 0 Å². The number of hydrogen-bond donors (Lipinski definition) is 0. The van der Waals surface area contributed by atoms with Gasteiger partial charge in [-0.25, -0.2) is 9.97 Å². The first kappa shape index (κ1) is 13.9. The van der Waals surface area contributed by atoms with Crippen molar-refractivity contribution >= 4 is 5.82 Å². The number of likely N-dealkylation sites (N-methyl/N-ethyl adjacent to an activating group) is 2. The summed E-state index contributed by atoms with van der Waals surface area (Å²) in [5.41, 5.74) is 0.971. The van der Waals surface area contributed by atoms with Crippen molar-refractivity contribution in [3.8, 4) is 0 Å². The summed E-state index contributed by atoms with van der Waals surface area (Å²) < 4.78 is 5.06. The summed E-state index contributed by atoms with van der Waals surface area (Å²) in [5.74, 6) is 1.69. The summed E-state index contributed by atoms with van der Waals surface area (Å²) in [6.45, 7) is 4.37. The van der Waals surface area contributed by atoms with E-state index < -0.39 is 0 Å². The van der Waals surface area contributed by atoms with Gasteiger partial charge >= 0.3 is 0 Å². The second-order valence-corrected chi connectivity index (χ2v) is 4.44. The Morgan fingerprint density at radius 1 is 1.18 bits per heavy atom. The van der Waals surface area contributed by atoms with Crippen molar-refractivity contribution in [2.75, 3.05) is 46.2 Å². The van der Waals surface area contributed by atoms with Crippen LogP contribution in [0.15, 0.2) is 6.07 Å². The highest BCUT2D eigenvalue weighted by Crippen LogP contribution is 2.11. The van der Waals surface area contributed by atoms with Crippen LogP contribution >= 0.6 is 0 Å². The molecule has 1 heterocycles. The van der Waals surface area contributed by atoms with Crippen molar-refractivity contribution in [2.24, 2.45) is 0 Å². The number of aryl methyl sites for hydroxylation is 1. The van der Waals surface area contributed by atoms with Gasteiger partial charge in [0, 0.05) is 39.0 Å². The highest BCUT2D eigenvalue weighted by atomic mass is 16.5. The minimum Gasteiger partial charge on any atom is -0.377 e. The Morgan fingerprint density at radius 3 is 2.47 bits per heavy atom. The lowest BCUT2D eigenvalue weighted by molar-refractivity contribution is 0.177. The van der Waals surface area contributed by atoms with E-state index in [-0.39, 0.29) is 0 Å². The molecule has 0 bridgehead atoms. The monoisotopic (exact) mass is 238 g/mol. The molecule has 0 N–H and O–H groups in total. The van der Waals surface area contributed by atoms with E-state index in [4.69, 9.17) is 4.74 Å². The third kappa shape index (κ3) is 4.66. The minimum atomic E-state index is 0.455. The molecule has 0 saturated heterocycles. The van der Waals surface area contributed by atoms with E-state index in [9.17, 15) is 0 Å². The van der Waals surface area contributed by atoms with Gasteiger partial charge in [-0.3, -0.25) is 0 Å². The Balaban J connectivity index is 2.74. The zero-order valence-electron chi connectivity index (χ0n) is 11.4. The summed E-state index contributed by atoms with van der Waals surface area (Å²) in [7, 11) is 7.83. The third-order valence-corrected chi connectivity index (χ3v) is 2.43. The molecular weight excluding hydrogens is 216 g/mol. The molecule has 5 nitrogen and oxygen atoms in total. The van der Waals surface area contributed by atoms with E-state index in [1.165, 1.54) is 0 Å². The van der Waals surface area contributed by atoms with Crippen LogP contribution in [-0.4, -0.2) is 56.2 Å². The first-order valence-corrected chi connectivity index (χ1v) is 5.72. The fourth-order valence-electron chi connectivity index (χ4n) is 1.47. The predicted octanol–water partition coefficient (Wildman–Crippen LogP) is 0.929. The Labute approximate surface area is 103 Å². The van der Waals surface area contributed by atoms with Crippen LogP contribution in [0.3, 0.4) is 0 Å². The van der Waals surface area contributed by atoms with Crippen LogP contribution in [0.4, 0.5) is 5.82 Å². The average molecular weight is 238 g/mol. The molecule has 0 aromatic carbocycles. The summed E-state index contributed by atoms with van der Waals surface area (Å²) in [6.07, 6.45) is 0. The molecule has 0 aliphatic rings. The second kappa shape index (κ2) is 6.51. The van der Waals surface area contributed by atoms with Crippen molar-refractivity contribution < 1.29 is 4.74 Å². The van der Waals surface area contributed by atoms with Gasteiger partial charge in [-0.15, -0.1) is 0 Å². The van der Waals surface area contributed by atoms with Gasteiger partial charge in [0.25, 0.3) is 0 Å². The third-order valence-electron chi connectivity index (χ3n) is 2.43. The Hall–Kier alpha value is -1.20. The van der Waals surface area contributed by atoms with Crippen LogP contribution < -0.4 is 4.90 Å². The van der Waals surface area contributed by atoms with Gasteiger partial charge < -0.3 is 14.5 Å². The predicted molar refractivity (Wildman–Crippen MR) is 69.3 cm³/mol. The van der Waals surface area contributed by atoms with Crippen LogP contribution in [0, 0.1) is 6.92 Å². The molecule has 0 aliphatic heterocycles. The van der Waals surface area contributed by atoms with Crippen molar-refractivity contribution in [2.45, 2.75) is 13.5 Å². The fraction of sp³-hybridized carbons (Fsp3) is 0.667. The molecule has 96 valence electrons. The highest BCUT2D eigenvalue weighted by molar-refractivity contribution is 5.38. The SMILES string of the molecule is COCc1nc(C)cc(N(C)CCN(C)C)n1. The molecule has 0 amide bonds. The highest BCUT2D eigenvalue weighted by Gasteiger charge is 2.06. The van der Waals surface area contributed by atoms with Crippen LogP contribution in [0.25, 0.3) is 0 Å². The van der Waals surface area contributed by atoms with Gasteiger partial charge in [0.15, 0.2) is 5.82 Å². The van der Waals surface area contributed by atoms with Gasteiger partial charge in [0.2, 0.25) is 0 Å². The molecule has 1 aromatic heterocycles. The Bertz CT molecular complexity index is 354. The van der Waals surface area contributed by atoms with E-state index in [2.05, 4.69) is 33.9 Å². The number of rotatable bonds is 6. The van der Waals surface area contributed by atoms with Gasteiger partial charge in [-0.1, -0.05) is 0 Å². The number of aromatic nitrogens is 2. The second-order valence-electron chi connectivity index (χ2n) is 4.44. The number of hydrogen-bond acceptors (Lipinski definition) is 5. The maximum absolute atomic E-state index is 5.06. The topological polar surface area (TPSA) is 41.5 Å². The van der Waals surface area contributed by atoms with Crippen LogP contribution in [0.1, 0.15) is 11.5 Å². The largest absolute Gasteiger partial charge is 0.377 e. The van der Waals surface area contributed by atoms with Crippen LogP contribution in [-0.2, 0) is 11.3 Å². The molecule has 0 spiro atoms. The van der Waals surface area contributed by atoms with Gasteiger partial charge in [0.05, 0.1) is 0 Å². The van der Waals surface area contributed by atoms with Gasteiger partial charge in [-0.05, 0) is 21.0 Å². The first-order valence-electron chi connectivity index (χ1n) is 5.72. The number of methoxy groups -OCH3 is 1. The molecule has 0 unspecified atom stereocenters. The van der Waals surface area contributed by atoms with E-state index in [0.29, 0.717) is 6.61 Å². The van der Waals surface area contributed by atoms with E-state index in [1.54, 1.807) is 7.11 Å². The average Bonchev–Trinajstić information content (AvgIpc) is 2.25. The maximum Gasteiger partial charge on any atom is 0.156 e. The first-order chi connectivity index (χ1) is 8.02. The smallest absolute Gasteiger partial charge is 0.156 e. The maximum atomic E-state index is 5.06. The molecule has 0 radical (unpaired) electrons. The van der Waals surface area contributed by atoms with Gasteiger partial charge in [0.1, 0.15) is 12.4 Å². The molecular formula is C12H22N4O. The van der Waals surface area contributed by atoms with Crippen molar-refractivity contribution in [3.63, 3.8) is 0 Å². The normalized spacial score (nSPS) is 10.9. The fourth-order valence-corrected chi connectivity index (χ4v) is 1.47. The van der Waals surface area contributed by atoms with Crippen molar-refractivity contribution in [1.29, 1.82) is 0 Å². The minimum absolute atomic E-state index is 0.455. The number of ether oxygens (including phenoxy) is 1. The molecule has 1 rings (SSSR count). The lowest BCUT2D eigenvalue weighted by atomic mass is 10.4. The van der Waals surface area contributed by atoms with E-state index in [0.717, 1.165) is 30.4 Å². The van der Waals surface area contributed by atoms with Crippen molar-refractivity contribution in [3.05, 3.63) is 17.6 Å². The summed E-state index contributed by atoms with van der Waals surface area (Å²) >= 11 is 0. The number of anilines is 1. The zero-order valence-corrected chi connectivity index (χ0v) is 11.4. The lowest BCUT2D eigenvalue weighted by Crippen LogP contribution is -2.29. The Morgan fingerprint density at radius 2 is 1.88 bits per heavy atom. The number of nitrogens with zero attached hydrogens (tertiary/aromatic N) is 4. The Kier molecular flexibility index (Phi) is 5.31. The molecule has 0 saturated carbocycles. The van der Waals surface area contributed by atoms with Gasteiger partial charge in [-0.2, -0.15) is 0 Å². The molecule has 5 heteroatoms. The van der Waals surface area contributed by atoms with E-state index in [1.807, 2.05) is 20.0 Å². The summed E-state index contributed by atoms with van der Waals surface area (Å²) in [6, 6.07) is 1.99. The summed E-state index contributed by atoms with van der Waals surface area (Å²) in [5, 5.41) is 0. The standard InChI is InChI=1S/C12H22N4O/c1-10-8-12(14-11(13-10)9-17-5)16(4)7-6-15(2)3/h8H,6-7,9H2,1-5H3. The molecule has 0 atom stereocenters. The van der Waals surface area contributed by atoms with E-state index >= 15 is 0 Å². The molecule has 1 aromatic rings.